The quantitative estimate of drug-likeness (QED) is 0.170. The lowest BCUT2D eigenvalue weighted by Crippen LogP contribution is -2.56. The number of piperidine rings is 1. The van der Waals surface area contributed by atoms with Gasteiger partial charge < -0.3 is 30.0 Å². The molecule has 60 heavy (non-hydrogen) atoms. The Labute approximate surface area is 350 Å². The molecule has 1 aliphatic heterocycles. The predicted molar refractivity (Wildman–Crippen MR) is 219 cm³/mol. The summed E-state index contributed by atoms with van der Waals surface area (Å²) >= 11 is 0. The first-order valence-electron chi connectivity index (χ1n) is 21.2. The molecule has 3 fully saturated rings. The first-order valence-corrected chi connectivity index (χ1v) is 21.2. The lowest BCUT2D eigenvalue weighted by molar-refractivity contribution is -0.277. The summed E-state index contributed by atoms with van der Waals surface area (Å²) in [7, 11) is 0. The molecular formula is C44H62F3N5O8. The van der Waals surface area contributed by atoms with Gasteiger partial charge in [0.05, 0.1) is 17.4 Å². The van der Waals surface area contributed by atoms with Crippen LogP contribution in [0, 0.1) is 17.8 Å². The van der Waals surface area contributed by atoms with Gasteiger partial charge in [0, 0.05) is 19.4 Å². The Morgan fingerprint density at radius 2 is 1.40 bits per heavy atom. The second-order valence-corrected chi connectivity index (χ2v) is 18.5. The van der Waals surface area contributed by atoms with Crippen molar-refractivity contribution in [3.05, 3.63) is 53.7 Å². The van der Waals surface area contributed by atoms with Gasteiger partial charge in [-0.2, -0.15) is 13.2 Å². The van der Waals surface area contributed by atoms with E-state index in [1.807, 2.05) is 30.3 Å². The van der Waals surface area contributed by atoms with Crippen LogP contribution < -0.4 is 16.0 Å². The molecule has 4 amide bonds. The molecule has 0 radical (unpaired) electrons. The molecule has 4 N–H and O–H groups in total. The topological polar surface area (TPSA) is 168 Å². The number of nitrogens with one attached hydrogen (secondary N) is 3. The monoisotopic (exact) mass is 845 g/mol. The van der Waals surface area contributed by atoms with Crippen LogP contribution >= 0.6 is 0 Å². The molecule has 0 spiro atoms. The number of pyridine rings is 1. The van der Waals surface area contributed by atoms with Crippen molar-refractivity contribution in [2.45, 2.75) is 160 Å². The third kappa shape index (κ3) is 12.7. The highest BCUT2D eigenvalue weighted by Gasteiger charge is 2.58. The Morgan fingerprint density at radius 1 is 0.817 bits per heavy atom. The first kappa shape index (κ1) is 46.5. The van der Waals surface area contributed by atoms with Crippen molar-refractivity contribution in [3.8, 4) is 0 Å². The molecule has 5 rings (SSSR count). The maximum Gasteiger partial charge on any atom is 0.417 e. The van der Waals surface area contributed by atoms with E-state index in [1.165, 1.54) is 12.1 Å². The zero-order chi connectivity index (χ0) is 43.9. The second kappa shape index (κ2) is 19.4. The second-order valence-electron chi connectivity index (χ2n) is 18.5. The van der Waals surface area contributed by atoms with Crippen molar-refractivity contribution in [3.63, 3.8) is 0 Å². The number of likely N-dealkylation sites (tertiary alicyclic amines) is 1. The van der Waals surface area contributed by atoms with Crippen molar-refractivity contribution >= 4 is 35.7 Å². The van der Waals surface area contributed by atoms with Gasteiger partial charge in [0.25, 0.3) is 0 Å². The van der Waals surface area contributed by atoms with E-state index in [0.29, 0.717) is 0 Å². The van der Waals surface area contributed by atoms with Crippen LogP contribution in [0.5, 0.6) is 0 Å². The number of benzene rings is 1. The maximum absolute atomic E-state index is 14.9. The number of ether oxygens (including phenoxy) is 3. The molecule has 0 bridgehead atoms. The van der Waals surface area contributed by atoms with Gasteiger partial charge in [-0.1, -0.05) is 94.5 Å². The van der Waals surface area contributed by atoms with Gasteiger partial charge in [-0.05, 0) is 77.0 Å². The van der Waals surface area contributed by atoms with Crippen LogP contribution in [0.25, 0.3) is 0 Å². The van der Waals surface area contributed by atoms with Crippen LogP contribution in [0.1, 0.15) is 136 Å². The summed E-state index contributed by atoms with van der Waals surface area (Å²) in [6.07, 6.45) is 0.113. The minimum absolute atomic E-state index is 0.0358. The molecule has 1 aromatic carbocycles. The summed E-state index contributed by atoms with van der Waals surface area (Å²) in [4.78, 5) is 60.9. The largest absolute Gasteiger partial charge is 0.445 e. The molecule has 3 aliphatic rings. The van der Waals surface area contributed by atoms with Crippen molar-refractivity contribution in [2.75, 3.05) is 17.2 Å². The fourth-order valence-electron chi connectivity index (χ4n) is 8.71. The average molecular weight is 846 g/mol. The number of amides is 4. The Bertz CT molecular complexity index is 1770. The van der Waals surface area contributed by atoms with Crippen molar-refractivity contribution in [1.29, 1.82) is 0 Å². The lowest BCUT2D eigenvalue weighted by Gasteiger charge is -2.44. The average Bonchev–Trinajstić information content (AvgIpc) is 3.17. The Kier molecular flexibility index (Phi) is 15.0. The third-order valence-electron chi connectivity index (χ3n) is 11.5. The summed E-state index contributed by atoms with van der Waals surface area (Å²) in [6.45, 7) is 9.30. The van der Waals surface area contributed by atoms with E-state index in [1.54, 1.807) is 41.5 Å². The fraction of sp³-hybridized carbons (Fsp3) is 0.659. The SMILES string of the molecule is CC(C)(C)OC(=O)Nc1ccc(C2CC(O)(C(F)(F)F)CCN2C(=O)OC(C)(C)C)nc1NC(=O)C(NC(=O)OCc1ccccc1)C(C1CCCCC1)C1CCCCC1. The number of alkyl halides is 3. The molecule has 2 aliphatic carbocycles. The molecule has 2 saturated carbocycles. The van der Waals surface area contributed by atoms with Gasteiger partial charge in [0.15, 0.2) is 11.4 Å². The Morgan fingerprint density at radius 3 is 1.95 bits per heavy atom. The highest BCUT2D eigenvalue weighted by atomic mass is 19.4. The van der Waals surface area contributed by atoms with Crippen LogP contribution in [0.3, 0.4) is 0 Å². The number of hydrogen-bond donors (Lipinski definition) is 4. The van der Waals surface area contributed by atoms with E-state index in [0.717, 1.165) is 74.7 Å². The van der Waals surface area contributed by atoms with Gasteiger partial charge in [-0.25, -0.2) is 19.4 Å². The molecule has 13 nitrogen and oxygen atoms in total. The number of aliphatic hydroxyl groups is 1. The lowest BCUT2D eigenvalue weighted by atomic mass is 9.66. The van der Waals surface area contributed by atoms with Crippen LogP contribution in [0.4, 0.5) is 39.1 Å². The fourth-order valence-corrected chi connectivity index (χ4v) is 8.71. The van der Waals surface area contributed by atoms with E-state index in [9.17, 15) is 37.5 Å². The van der Waals surface area contributed by atoms with E-state index in [2.05, 4.69) is 20.9 Å². The van der Waals surface area contributed by atoms with Crippen molar-refractivity contribution < 1.29 is 51.7 Å². The van der Waals surface area contributed by atoms with Crippen LogP contribution in [0.15, 0.2) is 42.5 Å². The summed E-state index contributed by atoms with van der Waals surface area (Å²) in [6, 6.07) is 9.18. The number of carbonyl (C=O) groups excluding carboxylic acids is 4. The minimum atomic E-state index is -5.04. The van der Waals surface area contributed by atoms with Crippen molar-refractivity contribution in [2.24, 2.45) is 17.8 Å². The summed E-state index contributed by atoms with van der Waals surface area (Å²) in [5, 5.41) is 19.2. The van der Waals surface area contributed by atoms with Gasteiger partial charge >= 0.3 is 24.5 Å². The summed E-state index contributed by atoms with van der Waals surface area (Å²) in [5.41, 5.74) is -4.49. The number of halogens is 3. The van der Waals surface area contributed by atoms with E-state index in [-0.39, 0.29) is 41.6 Å². The number of rotatable bonds is 10. The molecule has 3 unspecified atom stereocenters. The Hall–Kier alpha value is -4.60. The summed E-state index contributed by atoms with van der Waals surface area (Å²) in [5.74, 6) is -0.998. The van der Waals surface area contributed by atoms with E-state index in [4.69, 9.17) is 14.2 Å². The smallest absolute Gasteiger partial charge is 0.417 e. The Balaban J connectivity index is 1.56. The molecule has 2 aromatic rings. The molecule has 16 heteroatoms. The third-order valence-corrected chi connectivity index (χ3v) is 11.5. The van der Waals surface area contributed by atoms with Gasteiger partial charge in [0.1, 0.15) is 23.9 Å². The molecule has 1 saturated heterocycles. The highest BCUT2D eigenvalue weighted by molar-refractivity contribution is 6.00. The number of alkyl carbamates (subject to hydrolysis) is 1. The maximum atomic E-state index is 14.9. The number of carbonyl (C=O) groups is 4. The number of anilines is 2. The van der Waals surface area contributed by atoms with Crippen LogP contribution in [-0.2, 0) is 25.6 Å². The van der Waals surface area contributed by atoms with Gasteiger partial charge in [-0.15, -0.1) is 0 Å². The van der Waals surface area contributed by atoms with Crippen LogP contribution in [-0.4, -0.2) is 74.7 Å². The minimum Gasteiger partial charge on any atom is -0.445 e. The predicted octanol–water partition coefficient (Wildman–Crippen LogP) is 9.80. The number of hydrogen-bond acceptors (Lipinski definition) is 9. The zero-order valence-electron chi connectivity index (χ0n) is 35.7. The van der Waals surface area contributed by atoms with Gasteiger partial charge in [0.2, 0.25) is 5.91 Å². The van der Waals surface area contributed by atoms with Crippen LogP contribution in [0.2, 0.25) is 0 Å². The normalized spacial score (nSPS) is 21.4. The molecule has 2 heterocycles. The highest BCUT2D eigenvalue weighted by Crippen LogP contribution is 2.46. The van der Waals surface area contributed by atoms with E-state index >= 15 is 0 Å². The molecule has 1 aromatic heterocycles. The number of nitrogens with zero attached hydrogens (tertiary/aromatic N) is 2. The molecule has 3 atom stereocenters. The van der Waals surface area contributed by atoms with Gasteiger partial charge in [-0.3, -0.25) is 15.0 Å². The first-order chi connectivity index (χ1) is 28.1. The number of aromatic nitrogens is 1. The zero-order valence-corrected chi connectivity index (χ0v) is 35.7. The molecular weight excluding hydrogens is 784 g/mol. The molecule has 332 valence electrons. The summed E-state index contributed by atoms with van der Waals surface area (Å²) < 4.78 is 59.8. The standard InChI is InChI=1S/C44H62F3N5O8/c1-41(2,3)59-39(55)49-32-23-22-31(33-26-43(57,44(45,46)47)24-25-52(33)40(56)60-42(4,5)6)48-36(32)51-37(53)35(50-38(54)58-27-28-16-10-7-11-17-28)34(29-18-12-8-13-19-29)30-20-14-9-15-21-30/h7,10-11,16-17,22-23,29-30,33-35,57H,8-9,12-15,18-21,24-27H2,1-6H3,(H,49,55)(H,50,54)(H,48,51,53). The van der Waals surface area contributed by atoms with E-state index < -0.39 is 78.6 Å². The van der Waals surface area contributed by atoms with Crippen molar-refractivity contribution in [1.82, 2.24) is 15.2 Å².